The molecule has 0 aromatic rings. The van der Waals surface area contributed by atoms with Crippen molar-refractivity contribution in [3.05, 3.63) is 36.2 Å². The van der Waals surface area contributed by atoms with E-state index >= 15 is 0 Å². The van der Waals surface area contributed by atoms with Crippen LogP contribution >= 0.6 is 0 Å². The summed E-state index contributed by atoms with van der Waals surface area (Å²) < 4.78 is 0. The second-order valence-electron chi connectivity index (χ2n) is 3.18. The van der Waals surface area contributed by atoms with E-state index in [2.05, 4.69) is 43.7 Å². The van der Waals surface area contributed by atoms with Gasteiger partial charge in [-0.2, -0.15) is 0 Å². The molecule has 0 unspecified atom stereocenters. The Hall–Kier alpha value is -0.980. The first-order valence-electron chi connectivity index (χ1n) is 4.56. The van der Waals surface area contributed by atoms with E-state index in [0.29, 0.717) is 0 Å². The van der Waals surface area contributed by atoms with Gasteiger partial charge in [0.25, 0.3) is 0 Å². The zero-order valence-electron chi connectivity index (χ0n) is 8.01. The summed E-state index contributed by atoms with van der Waals surface area (Å²) in [6.45, 7) is 9.44. The van der Waals surface area contributed by atoms with Crippen molar-refractivity contribution in [3.63, 3.8) is 0 Å². The van der Waals surface area contributed by atoms with Crippen molar-refractivity contribution in [1.29, 1.82) is 0 Å². The molecule has 0 bridgehead atoms. The van der Waals surface area contributed by atoms with Crippen LogP contribution in [0.2, 0.25) is 0 Å². The van der Waals surface area contributed by atoms with Gasteiger partial charge in [0.1, 0.15) is 0 Å². The fraction of sp³-hybridized carbons (Fsp3) is 0.455. The third-order valence-corrected chi connectivity index (χ3v) is 2.17. The summed E-state index contributed by atoms with van der Waals surface area (Å²) in [6.07, 6.45) is 8.76. The summed E-state index contributed by atoms with van der Waals surface area (Å²) in [7, 11) is 0. The molecule has 0 aromatic carbocycles. The smallest absolute Gasteiger partial charge is 0.0362 e. The van der Waals surface area contributed by atoms with E-state index in [1.54, 1.807) is 0 Å². The van der Waals surface area contributed by atoms with Crippen LogP contribution in [0.25, 0.3) is 0 Å². The van der Waals surface area contributed by atoms with E-state index in [4.69, 9.17) is 0 Å². The van der Waals surface area contributed by atoms with Gasteiger partial charge in [-0.25, -0.2) is 0 Å². The number of hydrogen-bond donors (Lipinski definition) is 0. The molecule has 1 heteroatoms. The molecule has 1 aliphatic heterocycles. The summed E-state index contributed by atoms with van der Waals surface area (Å²) in [4.78, 5) is 2.22. The average molecular weight is 163 g/mol. The molecule has 1 rings (SSSR count). The summed E-state index contributed by atoms with van der Waals surface area (Å²) in [5.41, 5.74) is 2.42. The minimum atomic E-state index is 1.09. The third-order valence-electron chi connectivity index (χ3n) is 2.17. The van der Waals surface area contributed by atoms with Gasteiger partial charge in [-0.3, -0.25) is 0 Å². The van der Waals surface area contributed by atoms with Crippen molar-refractivity contribution in [3.8, 4) is 0 Å². The quantitative estimate of drug-likeness (QED) is 0.618. The molecular formula is C11H17N. The van der Waals surface area contributed by atoms with E-state index in [0.717, 1.165) is 12.2 Å². The maximum absolute atomic E-state index is 4.04. The van der Waals surface area contributed by atoms with Crippen LogP contribution < -0.4 is 0 Å². The molecule has 0 atom stereocenters. The monoisotopic (exact) mass is 163 g/mol. The number of unbranched alkanes of at least 4 members (excludes halogenated alkanes) is 1. The van der Waals surface area contributed by atoms with Gasteiger partial charge in [-0.05, 0) is 25.0 Å². The first-order valence-corrected chi connectivity index (χ1v) is 4.56. The van der Waals surface area contributed by atoms with E-state index in [1.807, 2.05) is 0 Å². The molecule has 1 heterocycles. The first-order chi connectivity index (χ1) is 5.75. The lowest BCUT2D eigenvalue weighted by Gasteiger charge is -2.25. The van der Waals surface area contributed by atoms with Crippen LogP contribution in [0, 0.1) is 0 Å². The van der Waals surface area contributed by atoms with Gasteiger partial charge in [-0.1, -0.05) is 26.0 Å². The van der Waals surface area contributed by atoms with E-state index < -0.39 is 0 Å². The number of hydrogen-bond acceptors (Lipinski definition) is 1. The minimum absolute atomic E-state index is 1.09. The van der Waals surface area contributed by atoms with Crippen LogP contribution in [0.4, 0.5) is 0 Å². The number of allylic oxidation sites excluding steroid dienone is 3. The van der Waals surface area contributed by atoms with Gasteiger partial charge in [0.2, 0.25) is 0 Å². The number of nitrogens with zero attached hydrogens (tertiary/aromatic N) is 1. The fourth-order valence-electron chi connectivity index (χ4n) is 1.24. The predicted octanol–water partition coefficient (Wildman–Crippen LogP) is 3.08. The summed E-state index contributed by atoms with van der Waals surface area (Å²) in [5.74, 6) is 0. The predicted molar refractivity (Wildman–Crippen MR) is 53.7 cm³/mol. The average Bonchev–Trinajstić information content (AvgIpc) is 2.08. The molecule has 12 heavy (non-hydrogen) atoms. The van der Waals surface area contributed by atoms with Gasteiger partial charge < -0.3 is 4.90 Å². The molecule has 0 aromatic heterocycles. The third kappa shape index (κ3) is 2.00. The molecule has 1 nitrogen and oxygen atoms in total. The van der Waals surface area contributed by atoms with Crippen LogP contribution in [0.15, 0.2) is 36.2 Å². The zero-order chi connectivity index (χ0) is 8.97. The van der Waals surface area contributed by atoms with Gasteiger partial charge in [0, 0.05) is 18.4 Å². The molecule has 1 aliphatic rings. The second-order valence-corrected chi connectivity index (χ2v) is 3.18. The van der Waals surface area contributed by atoms with Crippen molar-refractivity contribution < 1.29 is 0 Å². The molecule has 66 valence electrons. The van der Waals surface area contributed by atoms with E-state index in [9.17, 15) is 0 Å². The Morgan fingerprint density at radius 2 is 2.25 bits per heavy atom. The Balaban J connectivity index is 2.52. The first kappa shape index (κ1) is 9.11. The van der Waals surface area contributed by atoms with Crippen molar-refractivity contribution in [2.45, 2.75) is 26.7 Å². The maximum atomic E-state index is 4.04. The second kappa shape index (κ2) is 4.15. The summed E-state index contributed by atoms with van der Waals surface area (Å²) in [5, 5.41) is 0. The fourth-order valence-corrected chi connectivity index (χ4v) is 1.24. The van der Waals surface area contributed by atoms with Crippen molar-refractivity contribution in [2.75, 3.05) is 6.54 Å². The van der Waals surface area contributed by atoms with Gasteiger partial charge in [-0.15, -0.1) is 0 Å². The van der Waals surface area contributed by atoms with Crippen LogP contribution in [0.3, 0.4) is 0 Å². The molecule has 0 spiro atoms. The summed E-state index contributed by atoms with van der Waals surface area (Å²) in [6, 6.07) is 0. The highest BCUT2D eigenvalue weighted by molar-refractivity contribution is 5.33. The Labute approximate surface area is 75.1 Å². The Morgan fingerprint density at radius 3 is 2.92 bits per heavy atom. The SMILES string of the molecule is C=C1C(C)=CC=CN1CCCC. The van der Waals surface area contributed by atoms with Crippen molar-refractivity contribution in [1.82, 2.24) is 4.90 Å². The summed E-state index contributed by atoms with van der Waals surface area (Å²) >= 11 is 0. The van der Waals surface area contributed by atoms with Crippen molar-refractivity contribution >= 4 is 0 Å². The molecule has 0 saturated carbocycles. The minimum Gasteiger partial charge on any atom is -0.348 e. The largest absolute Gasteiger partial charge is 0.348 e. The Bertz CT molecular complexity index is 223. The molecule has 0 fully saturated rings. The van der Waals surface area contributed by atoms with Crippen LogP contribution in [0.5, 0.6) is 0 Å². The Kier molecular flexibility index (Phi) is 3.15. The van der Waals surface area contributed by atoms with Gasteiger partial charge in [0.05, 0.1) is 0 Å². The lowest BCUT2D eigenvalue weighted by Crippen LogP contribution is -2.19. The van der Waals surface area contributed by atoms with Crippen LogP contribution in [-0.4, -0.2) is 11.4 Å². The van der Waals surface area contributed by atoms with Crippen LogP contribution in [-0.2, 0) is 0 Å². The van der Waals surface area contributed by atoms with Crippen LogP contribution in [0.1, 0.15) is 26.7 Å². The molecule has 0 radical (unpaired) electrons. The molecular weight excluding hydrogens is 146 g/mol. The molecule has 0 amide bonds. The highest BCUT2D eigenvalue weighted by Gasteiger charge is 2.07. The lowest BCUT2D eigenvalue weighted by molar-refractivity contribution is 0.453. The normalized spacial score (nSPS) is 16.7. The van der Waals surface area contributed by atoms with Gasteiger partial charge in [0.15, 0.2) is 0 Å². The topological polar surface area (TPSA) is 3.24 Å². The lowest BCUT2D eigenvalue weighted by atomic mass is 10.1. The molecule has 0 aliphatic carbocycles. The highest BCUT2D eigenvalue weighted by Crippen LogP contribution is 2.18. The maximum Gasteiger partial charge on any atom is 0.0362 e. The van der Waals surface area contributed by atoms with Gasteiger partial charge >= 0.3 is 0 Å². The highest BCUT2D eigenvalue weighted by atomic mass is 15.1. The van der Waals surface area contributed by atoms with E-state index in [-0.39, 0.29) is 0 Å². The van der Waals surface area contributed by atoms with Crippen molar-refractivity contribution in [2.24, 2.45) is 0 Å². The standard InChI is InChI=1S/C11H17N/c1-4-5-8-12-9-6-7-10(2)11(12)3/h6-7,9H,3-5,8H2,1-2H3. The Morgan fingerprint density at radius 1 is 1.50 bits per heavy atom. The molecule has 0 N–H and O–H groups in total. The molecule has 0 saturated heterocycles. The van der Waals surface area contributed by atoms with E-state index in [1.165, 1.54) is 18.4 Å². The number of rotatable bonds is 3. The zero-order valence-corrected chi connectivity index (χ0v) is 8.01.